The Morgan fingerprint density at radius 2 is 2.30 bits per heavy atom. The number of aromatic carboxylic acids is 1. The van der Waals surface area contributed by atoms with Crippen molar-refractivity contribution in [1.82, 2.24) is 4.57 Å². The molecule has 1 N–H and O–H groups in total. The second kappa shape index (κ2) is 5.87. The van der Waals surface area contributed by atoms with Crippen LogP contribution in [0.5, 0.6) is 0 Å². The molecule has 0 saturated carbocycles. The summed E-state index contributed by atoms with van der Waals surface area (Å²) in [6.07, 6.45) is 2.90. The zero-order chi connectivity index (χ0) is 14.7. The first kappa shape index (κ1) is 14.3. The molecule has 0 spiro atoms. The molecule has 2 heterocycles. The number of pyridine rings is 1. The van der Waals surface area contributed by atoms with Crippen LogP contribution in [-0.2, 0) is 11.4 Å². The summed E-state index contributed by atoms with van der Waals surface area (Å²) >= 11 is 1.37. The number of aryl methyl sites for hydroxylation is 1. The highest BCUT2D eigenvalue weighted by Gasteiger charge is 2.16. The molecule has 0 saturated heterocycles. The highest BCUT2D eigenvalue weighted by atomic mass is 32.1. The van der Waals surface area contributed by atoms with E-state index in [1.54, 1.807) is 10.6 Å². The highest BCUT2D eigenvalue weighted by Crippen LogP contribution is 2.23. The molecule has 0 unspecified atom stereocenters. The third-order valence-electron chi connectivity index (χ3n) is 2.72. The topological polar surface area (TPSA) is 80.9 Å². The van der Waals surface area contributed by atoms with Crippen molar-refractivity contribution < 1.29 is 14.7 Å². The van der Waals surface area contributed by atoms with Crippen LogP contribution in [0.3, 0.4) is 0 Å². The Labute approximate surface area is 118 Å². The molecule has 0 fully saturated rings. The highest BCUT2D eigenvalue weighted by molar-refractivity contribution is 7.20. The van der Waals surface area contributed by atoms with E-state index in [2.05, 4.69) is 5.16 Å². The van der Waals surface area contributed by atoms with Crippen LogP contribution in [0.15, 0.2) is 22.2 Å². The second-order valence-electron chi connectivity index (χ2n) is 3.98. The molecule has 7 heteroatoms. The Kier molecular flexibility index (Phi) is 4.19. The molecule has 2 aromatic heterocycles. The standard InChI is InChI=1S/C13H14N2O4S/c1-3-15-7-10(13(17)18)11(16)9-5-8(20-12(9)15)6-14-19-4-2/h5-7H,3-4H2,1-2H3,(H,17,18). The smallest absolute Gasteiger partial charge is 0.341 e. The molecule has 0 amide bonds. The molecular formula is C13H14N2O4S. The van der Waals surface area contributed by atoms with E-state index in [0.29, 0.717) is 18.5 Å². The van der Waals surface area contributed by atoms with E-state index in [9.17, 15) is 9.59 Å². The van der Waals surface area contributed by atoms with Crippen molar-refractivity contribution in [2.75, 3.05) is 6.61 Å². The molecule has 0 aromatic carbocycles. The lowest BCUT2D eigenvalue weighted by Crippen LogP contribution is -2.17. The fraction of sp³-hybridized carbons (Fsp3) is 0.308. The van der Waals surface area contributed by atoms with E-state index in [4.69, 9.17) is 9.94 Å². The molecule has 20 heavy (non-hydrogen) atoms. The minimum Gasteiger partial charge on any atom is -0.477 e. The van der Waals surface area contributed by atoms with Gasteiger partial charge in [0, 0.05) is 12.7 Å². The molecule has 0 radical (unpaired) electrons. The lowest BCUT2D eigenvalue weighted by Gasteiger charge is -2.05. The van der Waals surface area contributed by atoms with Crippen molar-refractivity contribution in [1.29, 1.82) is 0 Å². The number of aromatic nitrogens is 1. The van der Waals surface area contributed by atoms with Crippen molar-refractivity contribution in [2.24, 2.45) is 5.16 Å². The largest absolute Gasteiger partial charge is 0.477 e. The molecule has 106 valence electrons. The Morgan fingerprint density at radius 3 is 2.90 bits per heavy atom. The SMILES string of the molecule is CCON=Cc1cc2c(=O)c(C(=O)O)cn(CC)c2s1. The monoisotopic (exact) mass is 294 g/mol. The number of carbonyl (C=O) groups is 1. The minimum atomic E-state index is -1.21. The van der Waals surface area contributed by atoms with Crippen LogP contribution in [0.4, 0.5) is 0 Å². The third kappa shape index (κ3) is 2.57. The summed E-state index contributed by atoms with van der Waals surface area (Å²) < 4.78 is 1.75. The first-order valence-corrected chi connectivity index (χ1v) is 6.95. The van der Waals surface area contributed by atoms with Gasteiger partial charge in [-0.1, -0.05) is 5.16 Å². The maximum atomic E-state index is 12.1. The lowest BCUT2D eigenvalue weighted by atomic mass is 10.2. The molecule has 6 nitrogen and oxygen atoms in total. The number of oxime groups is 1. The van der Waals surface area contributed by atoms with Crippen LogP contribution >= 0.6 is 11.3 Å². The number of nitrogens with zero attached hydrogens (tertiary/aromatic N) is 2. The summed E-state index contributed by atoms with van der Waals surface area (Å²) in [4.78, 5) is 29.6. The lowest BCUT2D eigenvalue weighted by molar-refractivity contribution is 0.0695. The zero-order valence-corrected chi connectivity index (χ0v) is 11.9. The van der Waals surface area contributed by atoms with Crippen molar-refractivity contribution in [3.63, 3.8) is 0 Å². The molecule has 2 aromatic rings. The van der Waals surface area contributed by atoms with Gasteiger partial charge in [-0.3, -0.25) is 4.79 Å². The van der Waals surface area contributed by atoms with Gasteiger partial charge in [0.15, 0.2) is 0 Å². The van der Waals surface area contributed by atoms with E-state index >= 15 is 0 Å². The fourth-order valence-electron chi connectivity index (χ4n) is 1.81. The van der Waals surface area contributed by atoms with Gasteiger partial charge in [-0.05, 0) is 19.9 Å². The van der Waals surface area contributed by atoms with Gasteiger partial charge in [0.25, 0.3) is 0 Å². The van der Waals surface area contributed by atoms with Crippen LogP contribution in [-0.4, -0.2) is 28.5 Å². The normalized spacial score (nSPS) is 11.3. The molecule has 0 atom stereocenters. The first-order valence-electron chi connectivity index (χ1n) is 6.14. The Hall–Kier alpha value is -2.15. The minimum absolute atomic E-state index is 0.217. The van der Waals surface area contributed by atoms with Gasteiger partial charge >= 0.3 is 5.97 Å². The summed E-state index contributed by atoms with van der Waals surface area (Å²) in [5.41, 5.74) is -0.685. The van der Waals surface area contributed by atoms with Crippen LogP contribution in [0.1, 0.15) is 29.1 Å². The van der Waals surface area contributed by atoms with Gasteiger partial charge in [-0.15, -0.1) is 11.3 Å². The average Bonchev–Trinajstić information content (AvgIpc) is 2.84. The number of fused-ring (bicyclic) bond motifs is 1. The molecule has 0 aliphatic rings. The Bertz CT molecular complexity index is 730. The predicted octanol–water partition coefficient (Wildman–Crippen LogP) is 2.15. The predicted molar refractivity (Wildman–Crippen MR) is 77.9 cm³/mol. The number of hydrogen-bond acceptors (Lipinski definition) is 5. The van der Waals surface area contributed by atoms with Crippen molar-refractivity contribution in [3.8, 4) is 0 Å². The average molecular weight is 294 g/mol. The quantitative estimate of drug-likeness (QED) is 0.676. The second-order valence-corrected chi connectivity index (χ2v) is 5.05. The van der Waals surface area contributed by atoms with Crippen molar-refractivity contribution in [2.45, 2.75) is 20.4 Å². The van der Waals surface area contributed by atoms with Gasteiger partial charge < -0.3 is 14.5 Å². The van der Waals surface area contributed by atoms with Crippen LogP contribution in [0, 0.1) is 0 Å². The molecular weight excluding hydrogens is 280 g/mol. The Morgan fingerprint density at radius 1 is 1.55 bits per heavy atom. The summed E-state index contributed by atoms with van der Waals surface area (Å²) in [6, 6.07) is 1.64. The van der Waals surface area contributed by atoms with E-state index in [-0.39, 0.29) is 5.56 Å². The number of carboxylic acid groups (broad SMARTS) is 1. The first-order chi connectivity index (χ1) is 9.58. The summed E-state index contributed by atoms with van der Waals surface area (Å²) in [7, 11) is 0. The van der Waals surface area contributed by atoms with Gasteiger partial charge in [-0.25, -0.2) is 4.79 Å². The van der Waals surface area contributed by atoms with Crippen molar-refractivity contribution >= 4 is 33.7 Å². The van der Waals surface area contributed by atoms with Gasteiger partial charge in [-0.2, -0.15) is 0 Å². The van der Waals surface area contributed by atoms with E-state index in [0.717, 1.165) is 9.71 Å². The van der Waals surface area contributed by atoms with Gasteiger partial charge in [0.05, 0.1) is 16.5 Å². The van der Waals surface area contributed by atoms with Gasteiger partial charge in [0.2, 0.25) is 5.43 Å². The maximum Gasteiger partial charge on any atom is 0.341 e. The van der Waals surface area contributed by atoms with Gasteiger partial charge in [0.1, 0.15) is 17.0 Å². The number of thiophene rings is 1. The van der Waals surface area contributed by atoms with E-state index in [1.165, 1.54) is 23.7 Å². The molecule has 0 aliphatic heterocycles. The fourth-order valence-corrected chi connectivity index (χ4v) is 2.87. The summed E-state index contributed by atoms with van der Waals surface area (Å²) in [6.45, 7) is 4.76. The van der Waals surface area contributed by atoms with E-state index < -0.39 is 11.4 Å². The zero-order valence-electron chi connectivity index (χ0n) is 11.1. The van der Waals surface area contributed by atoms with E-state index in [1.807, 2.05) is 13.8 Å². The summed E-state index contributed by atoms with van der Waals surface area (Å²) in [5, 5.41) is 13.2. The molecule has 0 aliphatic carbocycles. The third-order valence-corrected chi connectivity index (χ3v) is 3.83. The number of rotatable bonds is 5. The Balaban J connectivity index is 2.63. The van der Waals surface area contributed by atoms with Crippen LogP contribution in [0.25, 0.3) is 10.2 Å². The number of hydrogen-bond donors (Lipinski definition) is 1. The van der Waals surface area contributed by atoms with Crippen molar-refractivity contribution in [3.05, 3.63) is 32.9 Å². The van der Waals surface area contributed by atoms with Crippen LogP contribution in [0.2, 0.25) is 0 Å². The molecule has 0 bridgehead atoms. The number of carboxylic acids is 1. The van der Waals surface area contributed by atoms with Crippen LogP contribution < -0.4 is 5.43 Å². The summed E-state index contributed by atoms with van der Waals surface area (Å²) in [5.74, 6) is -1.21. The maximum absolute atomic E-state index is 12.1. The molecule has 2 rings (SSSR count).